The van der Waals surface area contributed by atoms with Gasteiger partial charge in [-0.25, -0.2) is 0 Å². The Bertz CT molecular complexity index is 1110. The summed E-state index contributed by atoms with van der Waals surface area (Å²) in [4.78, 5) is 0. The summed E-state index contributed by atoms with van der Waals surface area (Å²) >= 11 is -2.19. The maximum atomic E-state index is 2.61. The molecule has 4 aromatic carbocycles. The van der Waals surface area contributed by atoms with Gasteiger partial charge in [-0.1, -0.05) is 0 Å². The van der Waals surface area contributed by atoms with Gasteiger partial charge in [0.1, 0.15) is 0 Å². The van der Waals surface area contributed by atoms with Crippen molar-refractivity contribution in [2.75, 3.05) is 0 Å². The van der Waals surface area contributed by atoms with Gasteiger partial charge >= 0.3 is 174 Å². The summed E-state index contributed by atoms with van der Waals surface area (Å²) in [6.45, 7) is 0. The van der Waals surface area contributed by atoms with E-state index in [0.29, 0.717) is 3.63 Å². The van der Waals surface area contributed by atoms with Gasteiger partial charge < -0.3 is 24.8 Å². The minimum atomic E-state index is -2.19. The van der Waals surface area contributed by atoms with Crippen molar-refractivity contribution in [1.29, 1.82) is 0 Å². The molecule has 0 atom stereocenters. The van der Waals surface area contributed by atoms with Crippen molar-refractivity contribution in [3.63, 3.8) is 0 Å². The third-order valence-electron chi connectivity index (χ3n) is 5.43. The van der Waals surface area contributed by atoms with Crippen LogP contribution in [0.3, 0.4) is 0 Å². The molecule has 0 N–H and O–H groups in total. The van der Waals surface area contributed by atoms with E-state index in [9.17, 15) is 0 Å². The molecule has 1 aliphatic carbocycles. The molecule has 0 amide bonds. The van der Waals surface area contributed by atoms with Crippen molar-refractivity contribution >= 4 is 7.42 Å². The van der Waals surface area contributed by atoms with Crippen LogP contribution in [0.15, 0.2) is 109 Å². The van der Waals surface area contributed by atoms with Gasteiger partial charge in [-0.2, -0.15) is 0 Å². The van der Waals surface area contributed by atoms with Gasteiger partial charge in [0, 0.05) is 0 Å². The molecule has 0 nitrogen and oxygen atoms in total. The van der Waals surface area contributed by atoms with Crippen LogP contribution in [-0.2, 0) is 20.8 Å². The molecule has 30 heavy (non-hydrogen) atoms. The predicted molar refractivity (Wildman–Crippen MR) is 117 cm³/mol. The molecule has 0 heterocycles. The van der Waals surface area contributed by atoms with Crippen LogP contribution in [0.2, 0.25) is 0 Å². The summed E-state index contributed by atoms with van der Waals surface area (Å²) in [5.41, 5.74) is 8.57. The van der Waals surface area contributed by atoms with Crippen molar-refractivity contribution in [1.82, 2.24) is 0 Å². The van der Waals surface area contributed by atoms with Crippen molar-refractivity contribution in [2.24, 2.45) is 0 Å². The largest absolute Gasteiger partial charge is 1.00 e. The molecule has 3 heteroatoms. The van der Waals surface area contributed by atoms with Crippen molar-refractivity contribution in [3.05, 3.63) is 131 Å². The first-order chi connectivity index (χ1) is 13.9. The van der Waals surface area contributed by atoms with E-state index < -0.39 is 20.8 Å². The summed E-state index contributed by atoms with van der Waals surface area (Å²) in [7, 11) is 0. The number of fused-ring (bicyclic) bond motifs is 3. The Balaban J connectivity index is 0.00000128. The molecule has 0 unspecified atom stereocenters. The maximum absolute atomic E-state index is 2.61. The zero-order valence-electron chi connectivity index (χ0n) is 16.4. The zero-order valence-corrected chi connectivity index (χ0v) is 20.4. The Morgan fingerprint density at radius 2 is 0.833 bits per heavy atom. The average molecular weight is 508 g/mol. The second-order valence-electron chi connectivity index (χ2n) is 7.22. The Morgan fingerprint density at radius 3 is 1.27 bits per heavy atom. The third-order valence-corrected chi connectivity index (χ3v) is 11.9. The summed E-state index contributed by atoms with van der Waals surface area (Å²) in [5, 5.41) is 0. The second kappa shape index (κ2) is 10.4. The first-order valence-corrected chi connectivity index (χ1v) is 14.0. The zero-order chi connectivity index (χ0) is 18.8. The maximum Gasteiger partial charge on any atom is -1.00 e. The second-order valence-corrected chi connectivity index (χ2v) is 12.5. The summed E-state index contributed by atoms with van der Waals surface area (Å²) in [6, 6.07) is 39.8. The van der Waals surface area contributed by atoms with Crippen molar-refractivity contribution < 1.29 is 45.6 Å². The Kier molecular flexibility index (Phi) is 7.89. The number of hydrogen-bond acceptors (Lipinski definition) is 0. The van der Waals surface area contributed by atoms with Crippen molar-refractivity contribution in [2.45, 2.75) is 3.63 Å². The molecule has 0 radical (unpaired) electrons. The SMILES string of the molecule is [CH](/c1ccccc1)=[Zr+2](=[CH]\c1ccccc1)\[CH]1c2ccccc2-c2ccccc21.[Cl-].[Cl-]. The molecule has 1 aliphatic rings. The minimum Gasteiger partial charge on any atom is -1.00 e. The first kappa shape index (κ1) is 22.8. The van der Waals surface area contributed by atoms with Gasteiger partial charge in [0.25, 0.3) is 0 Å². The number of halogens is 2. The Labute approximate surface area is 198 Å². The van der Waals surface area contributed by atoms with E-state index in [4.69, 9.17) is 0 Å². The molecular weight excluding hydrogens is 486 g/mol. The fourth-order valence-electron chi connectivity index (χ4n) is 4.21. The standard InChI is InChI=1S/C13H9.2C7H6.2ClH.Zr/c1-3-7-12-10(5-1)9-11-6-2-4-8-13(11)12;2*1-7-5-3-2-4-6-7;;;/h1-9H;2*1-6H;2*1H;/q;;;;;+2/p-2. The molecule has 0 spiro atoms. The van der Waals surface area contributed by atoms with Crippen LogP contribution >= 0.6 is 0 Å². The predicted octanol–water partition coefficient (Wildman–Crippen LogP) is 0.0836. The monoisotopic (exact) mass is 505 g/mol. The van der Waals surface area contributed by atoms with Gasteiger partial charge in [-0.3, -0.25) is 0 Å². The summed E-state index contributed by atoms with van der Waals surface area (Å²) < 4.78 is 5.74. The molecule has 0 aromatic heterocycles. The van der Waals surface area contributed by atoms with E-state index in [1.807, 2.05) is 0 Å². The van der Waals surface area contributed by atoms with Crippen LogP contribution in [0.4, 0.5) is 0 Å². The smallest absolute Gasteiger partial charge is 1.00 e. The summed E-state index contributed by atoms with van der Waals surface area (Å²) in [6.07, 6.45) is 0. The molecule has 0 bridgehead atoms. The van der Waals surface area contributed by atoms with E-state index in [2.05, 4.69) is 117 Å². The van der Waals surface area contributed by atoms with Crippen LogP contribution < -0.4 is 24.8 Å². The molecule has 0 aliphatic heterocycles. The van der Waals surface area contributed by atoms with Crippen LogP contribution in [0.5, 0.6) is 0 Å². The topological polar surface area (TPSA) is 0 Å². The van der Waals surface area contributed by atoms with Gasteiger partial charge in [0.15, 0.2) is 0 Å². The van der Waals surface area contributed by atoms with E-state index in [-0.39, 0.29) is 24.8 Å². The van der Waals surface area contributed by atoms with Crippen LogP contribution in [0.25, 0.3) is 11.1 Å². The molecule has 0 saturated heterocycles. The fourth-order valence-corrected chi connectivity index (χ4v) is 11.1. The van der Waals surface area contributed by atoms with Crippen molar-refractivity contribution in [3.8, 4) is 11.1 Å². The van der Waals surface area contributed by atoms with Gasteiger partial charge in [0.05, 0.1) is 0 Å². The van der Waals surface area contributed by atoms with Crippen LogP contribution in [0.1, 0.15) is 25.9 Å². The third kappa shape index (κ3) is 4.55. The van der Waals surface area contributed by atoms with E-state index in [0.717, 1.165) is 0 Å². The molecular formula is C27H21Cl2Zr. The van der Waals surface area contributed by atoms with Crippen LogP contribution in [-0.4, -0.2) is 7.42 Å². The van der Waals surface area contributed by atoms with E-state index in [1.54, 1.807) is 0 Å². The van der Waals surface area contributed by atoms with Gasteiger partial charge in [-0.15, -0.1) is 0 Å². The Morgan fingerprint density at radius 1 is 0.467 bits per heavy atom. The molecule has 147 valence electrons. The average Bonchev–Trinajstić information content (AvgIpc) is 3.09. The normalized spacial score (nSPS) is 11.9. The van der Waals surface area contributed by atoms with Gasteiger partial charge in [-0.05, 0) is 0 Å². The minimum absolute atomic E-state index is 0. The molecule has 0 saturated carbocycles. The molecule has 0 fully saturated rings. The quantitative estimate of drug-likeness (QED) is 0.369. The molecule has 4 aromatic rings. The molecule has 5 rings (SSSR count). The number of benzene rings is 4. The van der Waals surface area contributed by atoms with E-state index >= 15 is 0 Å². The summed E-state index contributed by atoms with van der Waals surface area (Å²) in [5.74, 6) is 0. The van der Waals surface area contributed by atoms with Crippen LogP contribution in [0, 0.1) is 0 Å². The number of hydrogen-bond donors (Lipinski definition) is 0. The number of rotatable bonds is 3. The van der Waals surface area contributed by atoms with Gasteiger partial charge in [0.2, 0.25) is 0 Å². The van der Waals surface area contributed by atoms with E-state index in [1.165, 1.54) is 33.4 Å². The first-order valence-electron chi connectivity index (χ1n) is 9.75. The fraction of sp³-hybridized carbons (Fsp3) is 0.0370. The Hall–Kier alpha value is -1.92.